The molecule has 16 heavy (non-hydrogen) atoms. The molecule has 86 valence electrons. The Labute approximate surface area is 94.6 Å². The smallest absolute Gasteiger partial charge is 0.307 e. The summed E-state index contributed by atoms with van der Waals surface area (Å²) in [5, 5.41) is 2.72. The quantitative estimate of drug-likeness (QED) is 0.782. The highest BCUT2D eigenvalue weighted by Gasteiger charge is 2.16. The predicted octanol–water partition coefficient (Wildman–Crippen LogP) is 1.43. The molecule has 0 bridgehead atoms. The maximum Gasteiger partial charge on any atom is 0.307 e. The lowest BCUT2D eigenvalue weighted by Gasteiger charge is -2.16. The van der Waals surface area contributed by atoms with E-state index >= 15 is 0 Å². The molecule has 1 aromatic rings. The molecule has 0 spiro atoms. The van der Waals surface area contributed by atoms with Crippen LogP contribution in [-0.2, 0) is 14.3 Å². The van der Waals surface area contributed by atoms with Crippen molar-refractivity contribution in [1.29, 1.82) is 0 Å². The fraction of sp³-hybridized carbons (Fsp3) is 0.333. The van der Waals surface area contributed by atoms with Gasteiger partial charge in [0.1, 0.15) is 0 Å². The van der Waals surface area contributed by atoms with Gasteiger partial charge in [0.2, 0.25) is 5.91 Å². The molecule has 0 aliphatic heterocycles. The molecule has 0 aromatic heterocycles. The van der Waals surface area contributed by atoms with Crippen molar-refractivity contribution in [3.8, 4) is 0 Å². The maximum absolute atomic E-state index is 11.2. The number of carbonyl (C=O) groups excluding carboxylic acids is 2. The summed E-state index contributed by atoms with van der Waals surface area (Å²) in [5.74, 6) is -0.514. The summed E-state index contributed by atoms with van der Waals surface area (Å²) in [4.78, 5) is 22.2. The van der Waals surface area contributed by atoms with Crippen molar-refractivity contribution < 1.29 is 14.3 Å². The van der Waals surface area contributed by atoms with Crippen LogP contribution in [0, 0.1) is 0 Å². The minimum Gasteiger partial charge on any atom is -0.469 e. The summed E-state index contributed by atoms with van der Waals surface area (Å²) in [6.45, 7) is 1.42. The van der Waals surface area contributed by atoms with E-state index in [9.17, 15) is 9.59 Å². The van der Waals surface area contributed by atoms with Crippen LogP contribution in [0.15, 0.2) is 30.3 Å². The SMILES string of the molecule is COC(=O)C[C@H](NC(C)=O)c1ccccc1. The van der Waals surface area contributed by atoms with Crippen molar-refractivity contribution in [2.45, 2.75) is 19.4 Å². The zero-order valence-electron chi connectivity index (χ0n) is 9.40. The van der Waals surface area contributed by atoms with Crippen LogP contribution >= 0.6 is 0 Å². The van der Waals surface area contributed by atoms with E-state index in [0.29, 0.717) is 0 Å². The second-order valence-corrected chi connectivity index (χ2v) is 3.44. The minimum absolute atomic E-state index is 0.139. The second kappa shape index (κ2) is 5.90. The maximum atomic E-state index is 11.2. The summed E-state index contributed by atoms with van der Waals surface area (Å²) in [7, 11) is 1.33. The molecule has 4 heteroatoms. The van der Waals surface area contributed by atoms with Gasteiger partial charge in [-0.05, 0) is 5.56 Å². The highest BCUT2D eigenvalue weighted by Crippen LogP contribution is 2.16. The zero-order valence-corrected chi connectivity index (χ0v) is 9.40. The lowest BCUT2D eigenvalue weighted by molar-refractivity contribution is -0.141. The summed E-state index contributed by atoms with van der Waals surface area (Å²) >= 11 is 0. The molecule has 1 N–H and O–H groups in total. The van der Waals surface area contributed by atoms with Crippen LogP contribution < -0.4 is 5.32 Å². The van der Waals surface area contributed by atoms with Gasteiger partial charge in [-0.3, -0.25) is 9.59 Å². The van der Waals surface area contributed by atoms with Crippen molar-refractivity contribution in [1.82, 2.24) is 5.32 Å². The van der Waals surface area contributed by atoms with E-state index in [-0.39, 0.29) is 24.3 Å². The molecule has 1 amide bonds. The molecule has 0 radical (unpaired) electrons. The van der Waals surface area contributed by atoms with Crippen LogP contribution in [0.2, 0.25) is 0 Å². The average Bonchev–Trinajstić information content (AvgIpc) is 2.28. The van der Waals surface area contributed by atoms with Crippen LogP contribution in [0.4, 0.5) is 0 Å². The number of methoxy groups -OCH3 is 1. The molecule has 0 fully saturated rings. The van der Waals surface area contributed by atoms with Gasteiger partial charge in [-0.25, -0.2) is 0 Å². The van der Waals surface area contributed by atoms with Crippen molar-refractivity contribution in [3.05, 3.63) is 35.9 Å². The number of nitrogens with one attached hydrogen (secondary N) is 1. The van der Waals surface area contributed by atoms with Gasteiger partial charge in [0.15, 0.2) is 0 Å². The lowest BCUT2D eigenvalue weighted by Crippen LogP contribution is -2.28. The zero-order chi connectivity index (χ0) is 12.0. The summed E-state index contributed by atoms with van der Waals surface area (Å²) < 4.78 is 4.59. The number of benzene rings is 1. The third-order valence-corrected chi connectivity index (χ3v) is 2.18. The Hall–Kier alpha value is -1.84. The van der Waals surface area contributed by atoms with Crippen molar-refractivity contribution >= 4 is 11.9 Å². The third-order valence-electron chi connectivity index (χ3n) is 2.18. The minimum atomic E-state index is -0.345. The van der Waals surface area contributed by atoms with E-state index < -0.39 is 0 Å². The van der Waals surface area contributed by atoms with Crippen molar-refractivity contribution in [3.63, 3.8) is 0 Å². The molecule has 0 saturated heterocycles. The summed E-state index contributed by atoms with van der Waals surface area (Å²) in [6, 6.07) is 9.01. The monoisotopic (exact) mass is 221 g/mol. The largest absolute Gasteiger partial charge is 0.469 e. The lowest BCUT2D eigenvalue weighted by atomic mass is 10.0. The van der Waals surface area contributed by atoms with E-state index in [1.165, 1.54) is 14.0 Å². The van der Waals surface area contributed by atoms with Crippen LogP contribution in [0.5, 0.6) is 0 Å². The fourth-order valence-corrected chi connectivity index (χ4v) is 1.43. The number of rotatable bonds is 4. The Morgan fingerprint density at radius 3 is 2.44 bits per heavy atom. The molecule has 0 aliphatic carbocycles. The number of esters is 1. The van der Waals surface area contributed by atoms with Crippen molar-refractivity contribution in [2.24, 2.45) is 0 Å². The van der Waals surface area contributed by atoms with Gasteiger partial charge in [0.05, 0.1) is 19.6 Å². The van der Waals surface area contributed by atoms with Crippen molar-refractivity contribution in [2.75, 3.05) is 7.11 Å². The molecule has 4 nitrogen and oxygen atoms in total. The Kier molecular flexibility index (Phi) is 4.51. The highest BCUT2D eigenvalue weighted by molar-refractivity contribution is 5.75. The molecule has 1 atom stereocenters. The van der Waals surface area contributed by atoms with E-state index in [2.05, 4.69) is 10.1 Å². The molecule has 0 heterocycles. The summed E-state index contributed by atoms with van der Waals surface area (Å²) in [5.41, 5.74) is 0.892. The predicted molar refractivity (Wildman–Crippen MR) is 59.6 cm³/mol. The Morgan fingerprint density at radius 2 is 1.94 bits per heavy atom. The topological polar surface area (TPSA) is 55.4 Å². The van der Waals surface area contributed by atoms with E-state index in [4.69, 9.17) is 0 Å². The Balaban J connectivity index is 2.79. The molecule has 1 rings (SSSR count). The molecule has 0 saturated carbocycles. The fourth-order valence-electron chi connectivity index (χ4n) is 1.43. The second-order valence-electron chi connectivity index (χ2n) is 3.44. The first kappa shape index (κ1) is 12.2. The Bertz CT molecular complexity index is 362. The number of carbonyl (C=O) groups is 2. The van der Waals surface area contributed by atoms with Crippen LogP contribution in [-0.4, -0.2) is 19.0 Å². The van der Waals surface area contributed by atoms with Crippen LogP contribution in [0.25, 0.3) is 0 Å². The van der Waals surface area contributed by atoms with E-state index in [1.807, 2.05) is 30.3 Å². The first-order valence-corrected chi connectivity index (χ1v) is 5.02. The van der Waals surface area contributed by atoms with Crippen LogP contribution in [0.3, 0.4) is 0 Å². The average molecular weight is 221 g/mol. The molecule has 1 aromatic carbocycles. The Morgan fingerprint density at radius 1 is 1.31 bits per heavy atom. The van der Waals surface area contributed by atoms with Gasteiger partial charge < -0.3 is 10.1 Å². The highest BCUT2D eigenvalue weighted by atomic mass is 16.5. The first-order chi connectivity index (χ1) is 7.63. The van der Waals surface area contributed by atoms with Crippen LogP contribution in [0.1, 0.15) is 24.9 Å². The number of hydrogen-bond acceptors (Lipinski definition) is 3. The van der Waals surface area contributed by atoms with Gasteiger partial charge in [-0.1, -0.05) is 30.3 Å². The molecular formula is C12H15NO3. The van der Waals surface area contributed by atoms with E-state index in [1.54, 1.807) is 0 Å². The van der Waals surface area contributed by atoms with Gasteiger partial charge >= 0.3 is 5.97 Å². The number of hydrogen-bond donors (Lipinski definition) is 1. The first-order valence-electron chi connectivity index (χ1n) is 5.02. The third kappa shape index (κ3) is 3.73. The van der Waals surface area contributed by atoms with Gasteiger partial charge in [0.25, 0.3) is 0 Å². The van der Waals surface area contributed by atoms with E-state index in [0.717, 1.165) is 5.56 Å². The molecule has 0 unspecified atom stereocenters. The summed E-state index contributed by atoms with van der Waals surface area (Å²) in [6.07, 6.45) is 0.139. The molecule has 0 aliphatic rings. The van der Waals surface area contributed by atoms with Gasteiger partial charge in [0, 0.05) is 6.92 Å². The normalized spacial score (nSPS) is 11.6. The number of amides is 1. The standard InChI is InChI=1S/C12H15NO3/c1-9(14)13-11(8-12(15)16-2)10-6-4-3-5-7-10/h3-7,11H,8H2,1-2H3,(H,13,14)/t11-/m0/s1. The molecular weight excluding hydrogens is 206 g/mol. The van der Waals surface area contributed by atoms with Gasteiger partial charge in [-0.15, -0.1) is 0 Å². The number of ether oxygens (including phenoxy) is 1. The van der Waals surface area contributed by atoms with Gasteiger partial charge in [-0.2, -0.15) is 0 Å².